The smallest absolute Gasteiger partial charge is 0.340 e. The molecule has 0 aromatic heterocycles. The summed E-state index contributed by atoms with van der Waals surface area (Å²) in [4.78, 5) is 26.4. The van der Waals surface area contributed by atoms with Crippen LogP contribution in [0, 0.1) is 0 Å². The second-order valence-corrected chi connectivity index (χ2v) is 12.2. The summed E-state index contributed by atoms with van der Waals surface area (Å²) < 4.78 is 7.70. The number of carboxylic acid groups (broad SMARTS) is 1. The van der Waals surface area contributed by atoms with Gasteiger partial charge in [-0.05, 0) is 49.9 Å². The second-order valence-electron chi connectivity index (χ2n) is 10.5. The van der Waals surface area contributed by atoms with Gasteiger partial charge >= 0.3 is 11.9 Å². The number of aromatic carboxylic acids is 1. The molecule has 218 valence electrons. The highest BCUT2D eigenvalue weighted by Crippen LogP contribution is 2.55. The van der Waals surface area contributed by atoms with E-state index in [1.54, 1.807) is 6.07 Å². The minimum absolute atomic E-state index is 0.0697. The van der Waals surface area contributed by atoms with Crippen LogP contribution in [0.4, 0.5) is 0 Å². The molecule has 41 heavy (non-hydrogen) atoms. The molecule has 0 bridgehead atoms. The van der Waals surface area contributed by atoms with Gasteiger partial charge in [0.2, 0.25) is 0 Å². The molecule has 3 aromatic rings. The Bertz CT molecular complexity index is 1440. The minimum Gasteiger partial charge on any atom is -0.507 e. The molecular formula is C33H36Br2O6. The average Bonchev–Trinajstić information content (AvgIpc) is 3.24. The van der Waals surface area contributed by atoms with Gasteiger partial charge in [0.25, 0.3) is 0 Å². The average molecular weight is 688 g/mol. The molecule has 8 heteroatoms. The lowest BCUT2D eigenvalue weighted by Gasteiger charge is -2.36. The van der Waals surface area contributed by atoms with E-state index in [2.05, 4.69) is 31.9 Å². The summed E-state index contributed by atoms with van der Waals surface area (Å²) in [6, 6.07) is 8.30. The van der Waals surface area contributed by atoms with Gasteiger partial charge in [-0.3, -0.25) is 0 Å². The van der Waals surface area contributed by atoms with E-state index in [1.807, 2.05) is 39.8 Å². The standard InChI is InChI=1S/C33H36Br2O6/c1-5-10-18-24(16-26(34)20(12-7-3)29(18)36)33(28-22(31(38)39)14-9-15-23(28)32(40)41-33)25-17-27(35)21(13-8-4)30(37)19(25)11-6-2/h9,14-17,36-37H,5-8,10-13H2,1-4H3,(H,38,39). The fraction of sp³-hybridized carbons (Fsp3) is 0.394. The summed E-state index contributed by atoms with van der Waals surface area (Å²) in [6.07, 6.45) is 5.21. The van der Waals surface area contributed by atoms with Crippen LogP contribution >= 0.6 is 31.9 Å². The third-order valence-electron chi connectivity index (χ3n) is 7.78. The molecule has 3 N–H and O–H groups in total. The molecule has 1 aliphatic rings. The number of phenols is 2. The number of esters is 1. The van der Waals surface area contributed by atoms with Crippen molar-refractivity contribution in [1.82, 2.24) is 0 Å². The van der Waals surface area contributed by atoms with Gasteiger partial charge < -0.3 is 20.1 Å². The SMILES string of the molecule is CCCc1c(Br)cc(C2(c3cc(Br)c(CCC)c(O)c3CCC)OC(=O)c3cccc(C(=O)O)c32)c(CCC)c1O. The summed E-state index contributed by atoms with van der Waals surface area (Å²) in [5.74, 6) is -1.64. The molecule has 0 saturated carbocycles. The lowest BCUT2D eigenvalue weighted by molar-refractivity contribution is 0.0239. The van der Waals surface area contributed by atoms with Crippen LogP contribution in [-0.4, -0.2) is 27.3 Å². The van der Waals surface area contributed by atoms with Gasteiger partial charge in [-0.1, -0.05) is 91.3 Å². The van der Waals surface area contributed by atoms with Crippen LogP contribution < -0.4 is 0 Å². The molecule has 0 aliphatic carbocycles. The first-order valence-corrected chi connectivity index (χ1v) is 15.8. The van der Waals surface area contributed by atoms with Crippen LogP contribution in [0.2, 0.25) is 0 Å². The van der Waals surface area contributed by atoms with Crippen molar-refractivity contribution in [3.8, 4) is 11.5 Å². The zero-order valence-electron chi connectivity index (χ0n) is 23.9. The molecular weight excluding hydrogens is 652 g/mol. The highest BCUT2D eigenvalue weighted by Gasteiger charge is 2.54. The van der Waals surface area contributed by atoms with E-state index >= 15 is 0 Å². The van der Waals surface area contributed by atoms with Crippen molar-refractivity contribution in [3.63, 3.8) is 0 Å². The Hall–Kier alpha value is -2.84. The van der Waals surface area contributed by atoms with Crippen LogP contribution in [0.25, 0.3) is 0 Å². The summed E-state index contributed by atoms with van der Waals surface area (Å²) in [5, 5.41) is 33.7. The van der Waals surface area contributed by atoms with Gasteiger partial charge in [-0.15, -0.1) is 0 Å². The Labute approximate surface area is 258 Å². The fourth-order valence-electron chi connectivity index (χ4n) is 6.11. The summed E-state index contributed by atoms with van der Waals surface area (Å²) >= 11 is 7.33. The number of halogens is 2. The number of phenolic OH excluding ortho intramolecular Hbond substituents is 2. The van der Waals surface area contributed by atoms with E-state index in [1.165, 1.54) is 12.1 Å². The maximum atomic E-state index is 13.7. The van der Waals surface area contributed by atoms with Crippen molar-refractivity contribution in [2.75, 3.05) is 0 Å². The Morgan fingerprint density at radius 3 is 1.63 bits per heavy atom. The van der Waals surface area contributed by atoms with Gasteiger partial charge in [-0.2, -0.15) is 0 Å². The number of cyclic esters (lactones) is 1. The van der Waals surface area contributed by atoms with Crippen LogP contribution in [0.5, 0.6) is 11.5 Å². The molecule has 0 atom stereocenters. The predicted molar refractivity (Wildman–Crippen MR) is 166 cm³/mol. The minimum atomic E-state index is -1.73. The van der Waals surface area contributed by atoms with Gasteiger partial charge in [-0.25, -0.2) is 9.59 Å². The molecule has 3 aromatic carbocycles. The van der Waals surface area contributed by atoms with E-state index in [0.29, 0.717) is 69.7 Å². The van der Waals surface area contributed by atoms with E-state index in [-0.39, 0.29) is 28.2 Å². The van der Waals surface area contributed by atoms with Crippen molar-refractivity contribution in [2.45, 2.75) is 84.7 Å². The molecule has 4 rings (SSSR count). The third-order valence-corrected chi connectivity index (χ3v) is 9.20. The molecule has 0 unspecified atom stereocenters. The number of fused-ring (bicyclic) bond motifs is 1. The van der Waals surface area contributed by atoms with Crippen LogP contribution in [0.1, 0.15) is 113 Å². The molecule has 0 saturated heterocycles. The number of ether oxygens (including phenoxy) is 1. The summed E-state index contributed by atoms with van der Waals surface area (Å²) in [7, 11) is 0. The number of benzene rings is 3. The number of carbonyl (C=O) groups excluding carboxylic acids is 1. The highest BCUT2D eigenvalue weighted by molar-refractivity contribution is 9.10. The van der Waals surface area contributed by atoms with Crippen molar-refractivity contribution < 1.29 is 29.6 Å². The second kappa shape index (κ2) is 12.6. The van der Waals surface area contributed by atoms with Gasteiger partial charge in [0.1, 0.15) is 11.5 Å². The van der Waals surface area contributed by atoms with Gasteiger partial charge in [0, 0.05) is 47.9 Å². The number of hydrogen-bond donors (Lipinski definition) is 3. The Balaban J connectivity index is 2.29. The normalized spacial score (nSPS) is 13.8. The van der Waals surface area contributed by atoms with Crippen molar-refractivity contribution in [1.29, 1.82) is 0 Å². The first kappa shape index (κ1) is 31.1. The van der Waals surface area contributed by atoms with E-state index < -0.39 is 17.5 Å². The van der Waals surface area contributed by atoms with Gasteiger partial charge in [0.05, 0.1) is 11.1 Å². The van der Waals surface area contributed by atoms with Crippen LogP contribution in [-0.2, 0) is 36.0 Å². The van der Waals surface area contributed by atoms with E-state index in [4.69, 9.17) is 4.74 Å². The summed E-state index contributed by atoms with van der Waals surface area (Å²) in [5.41, 5.74) is 2.21. The predicted octanol–water partition coefficient (Wildman–Crippen LogP) is 8.59. The van der Waals surface area contributed by atoms with Crippen molar-refractivity contribution >= 4 is 43.8 Å². The lowest BCUT2D eigenvalue weighted by atomic mass is 9.72. The van der Waals surface area contributed by atoms with Crippen LogP contribution in [0.15, 0.2) is 39.3 Å². The van der Waals surface area contributed by atoms with Crippen LogP contribution in [0.3, 0.4) is 0 Å². The maximum Gasteiger partial charge on any atom is 0.340 e. The Morgan fingerprint density at radius 2 is 1.22 bits per heavy atom. The molecule has 6 nitrogen and oxygen atoms in total. The largest absolute Gasteiger partial charge is 0.507 e. The number of aromatic hydroxyl groups is 2. The number of carbonyl (C=O) groups is 2. The Kier molecular flexibility index (Phi) is 9.54. The van der Waals surface area contributed by atoms with E-state index in [0.717, 1.165) is 24.0 Å². The first-order chi connectivity index (χ1) is 19.6. The summed E-state index contributed by atoms with van der Waals surface area (Å²) in [6.45, 7) is 8.06. The monoisotopic (exact) mass is 686 g/mol. The number of rotatable bonds is 11. The molecule has 0 amide bonds. The zero-order valence-corrected chi connectivity index (χ0v) is 27.0. The topological polar surface area (TPSA) is 104 Å². The highest BCUT2D eigenvalue weighted by atomic mass is 79.9. The number of carboxylic acids is 1. The Morgan fingerprint density at radius 1 is 0.780 bits per heavy atom. The fourth-order valence-corrected chi connectivity index (χ4v) is 7.34. The molecule has 0 spiro atoms. The third kappa shape index (κ3) is 5.18. The molecule has 1 heterocycles. The molecule has 0 fully saturated rings. The quantitative estimate of drug-likeness (QED) is 0.175. The maximum absolute atomic E-state index is 13.7. The van der Waals surface area contributed by atoms with Gasteiger partial charge in [0.15, 0.2) is 5.60 Å². The first-order valence-electron chi connectivity index (χ1n) is 14.3. The molecule has 1 aliphatic heterocycles. The van der Waals surface area contributed by atoms with Crippen molar-refractivity contribution in [2.24, 2.45) is 0 Å². The zero-order chi connectivity index (χ0) is 30.1. The lowest BCUT2D eigenvalue weighted by Crippen LogP contribution is -2.34. The number of hydrogen-bond acceptors (Lipinski definition) is 5. The van der Waals surface area contributed by atoms with Crippen molar-refractivity contribution in [3.05, 3.63) is 89.3 Å². The van der Waals surface area contributed by atoms with E-state index in [9.17, 15) is 24.9 Å². The molecule has 0 radical (unpaired) electrons.